The van der Waals surface area contributed by atoms with Gasteiger partial charge in [-0.3, -0.25) is 19.3 Å². The minimum Gasteiger partial charge on any atom is -0.459 e. The number of cyclic esters (lactones) is 1. The van der Waals surface area contributed by atoms with Gasteiger partial charge >= 0.3 is 5.97 Å². The lowest BCUT2D eigenvalue weighted by Gasteiger charge is -2.41. The van der Waals surface area contributed by atoms with Crippen LogP contribution >= 0.6 is 0 Å². The van der Waals surface area contributed by atoms with Gasteiger partial charge in [-0.15, -0.1) is 5.10 Å². The second kappa shape index (κ2) is 14.8. The zero-order valence-electron chi connectivity index (χ0n) is 27.4. The van der Waals surface area contributed by atoms with Crippen LogP contribution < -0.4 is 5.32 Å². The van der Waals surface area contributed by atoms with Gasteiger partial charge in [0.15, 0.2) is 0 Å². The molecule has 2 aliphatic rings. The molecule has 2 aromatic rings. The maximum atomic E-state index is 13.3. The van der Waals surface area contributed by atoms with Crippen molar-refractivity contribution in [1.29, 1.82) is 0 Å². The number of aliphatic hydroxyl groups is 2. The predicted octanol–water partition coefficient (Wildman–Crippen LogP) is 2.50. The lowest BCUT2D eigenvalue weighted by atomic mass is 9.67. The van der Waals surface area contributed by atoms with Gasteiger partial charge in [-0.2, -0.15) is 0 Å². The SMILES string of the molecule is [B][C@@H]1CC(=O)[C@@H](C)C(=O)O[C@H](CC)[C@@]2(C)OC(O)N(CCCCn3cc(-c4ccccn4)nn3)[C@@H]2[C@@H](C)NC[C@H](C)C[C@]1(C)O. The smallest absolute Gasteiger partial charge is 0.316 e. The predicted molar refractivity (Wildman–Crippen MR) is 169 cm³/mol. The molecule has 9 atom stereocenters. The Labute approximate surface area is 267 Å². The van der Waals surface area contributed by atoms with Crippen LogP contribution in [-0.4, -0.2) is 104 Å². The van der Waals surface area contributed by atoms with E-state index < -0.39 is 41.4 Å². The van der Waals surface area contributed by atoms with E-state index in [1.807, 2.05) is 57.0 Å². The van der Waals surface area contributed by atoms with Crippen LogP contribution in [-0.2, 0) is 25.6 Å². The summed E-state index contributed by atoms with van der Waals surface area (Å²) < 4.78 is 14.0. The second-order valence-corrected chi connectivity index (χ2v) is 13.3. The summed E-state index contributed by atoms with van der Waals surface area (Å²) in [4.78, 5) is 32.5. The monoisotopic (exact) mass is 624 g/mol. The Hall–Kier alpha value is -2.71. The number of nitrogens with zero attached hydrogens (tertiary/aromatic N) is 5. The number of aliphatic hydroxyl groups excluding tert-OH is 1. The lowest BCUT2D eigenvalue weighted by molar-refractivity contribution is -0.207. The topological polar surface area (TPSA) is 152 Å². The molecule has 2 fully saturated rings. The molecule has 4 heterocycles. The van der Waals surface area contributed by atoms with Gasteiger partial charge in [0.2, 0.25) is 6.41 Å². The van der Waals surface area contributed by atoms with Crippen molar-refractivity contribution in [1.82, 2.24) is 30.2 Å². The van der Waals surface area contributed by atoms with E-state index in [2.05, 4.69) is 20.6 Å². The number of ether oxygens (including phenoxy) is 2. The van der Waals surface area contributed by atoms with Crippen molar-refractivity contribution in [3.05, 3.63) is 30.6 Å². The minimum absolute atomic E-state index is 0.0246. The van der Waals surface area contributed by atoms with Crippen LogP contribution in [0.3, 0.4) is 0 Å². The van der Waals surface area contributed by atoms with Gasteiger partial charge in [-0.1, -0.05) is 25.1 Å². The number of hydrogen-bond acceptors (Lipinski definition) is 11. The van der Waals surface area contributed by atoms with E-state index in [-0.39, 0.29) is 30.2 Å². The number of aryl methyl sites for hydroxylation is 1. The molecule has 2 radical (unpaired) electrons. The molecule has 45 heavy (non-hydrogen) atoms. The lowest BCUT2D eigenvalue weighted by Crippen LogP contribution is -2.61. The van der Waals surface area contributed by atoms with E-state index in [4.69, 9.17) is 17.3 Å². The van der Waals surface area contributed by atoms with Gasteiger partial charge in [0.05, 0.1) is 31.4 Å². The van der Waals surface area contributed by atoms with Crippen LogP contribution in [0.15, 0.2) is 30.6 Å². The summed E-state index contributed by atoms with van der Waals surface area (Å²) >= 11 is 0. The van der Waals surface area contributed by atoms with E-state index in [0.29, 0.717) is 38.2 Å². The third kappa shape index (κ3) is 8.18. The second-order valence-electron chi connectivity index (χ2n) is 13.3. The van der Waals surface area contributed by atoms with Gasteiger partial charge in [0, 0.05) is 31.7 Å². The minimum atomic E-state index is -1.30. The van der Waals surface area contributed by atoms with E-state index in [0.717, 1.165) is 18.5 Å². The highest BCUT2D eigenvalue weighted by molar-refractivity contribution is 6.15. The highest BCUT2D eigenvalue weighted by Gasteiger charge is 2.57. The number of ketones is 1. The number of pyridine rings is 1. The molecule has 0 bridgehead atoms. The Morgan fingerprint density at radius 1 is 1.13 bits per heavy atom. The fourth-order valence-corrected chi connectivity index (χ4v) is 6.76. The standard InChI is InChI=1S/C32H49BN6O6/c1-7-27-32(6)28(22(4)35-18-20(2)17-31(5,43)26(33)16-25(40)21(3)29(41)44-27)39(30(42)45-32)15-11-10-14-38-19-24(36-37-38)23-12-8-9-13-34-23/h8-9,12-13,19-22,26-28,30,35,42-43H,7,10-11,14-18H2,1-6H3/t20-,21-,22-,26-,27-,28-,30?,31+,32-/m1/s1. The van der Waals surface area contributed by atoms with Crippen LogP contribution in [0, 0.1) is 11.8 Å². The van der Waals surface area contributed by atoms with E-state index in [1.54, 1.807) is 17.8 Å². The van der Waals surface area contributed by atoms with Crippen molar-refractivity contribution in [3.63, 3.8) is 0 Å². The molecule has 0 spiro atoms. The Bertz CT molecular complexity index is 1280. The van der Waals surface area contributed by atoms with Gasteiger partial charge in [0.1, 0.15) is 29.1 Å². The van der Waals surface area contributed by atoms with Crippen molar-refractivity contribution < 1.29 is 29.3 Å². The van der Waals surface area contributed by atoms with E-state index in [1.165, 1.54) is 6.92 Å². The number of carbonyl (C=O) groups is 2. The molecule has 4 rings (SSSR count). The molecule has 0 amide bonds. The largest absolute Gasteiger partial charge is 0.459 e. The van der Waals surface area contributed by atoms with Crippen LogP contribution in [0.4, 0.5) is 0 Å². The number of esters is 1. The van der Waals surface area contributed by atoms with Gasteiger partial charge in [-0.25, -0.2) is 4.90 Å². The normalized spacial score (nSPS) is 35.8. The average Bonchev–Trinajstić information content (AvgIpc) is 3.57. The number of carbonyl (C=O) groups excluding carboxylic acids is 2. The average molecular weight is 625 g/mol. The highest BCUT2D eigenvalue weighted by Crippen LogP contribution is 2.40. The highest BCUT2D eigenvalue weighted by atomic mass is 16.7. The summed E-state index contributed by atoms with van der Waals surface area (Å²) in [7, 11) is 6.28. The summed E-state index contributed by atoms with van der Waals surface area (Å²) in [5, 5.41) is 34.4. The zero-order valence-corrected chi connectivity index (χ0v) is 27.4. The Morgan fingerprint density at radius 3 is 2.56 bits per heavy atom. The summed E-state index contributed by atoms with van der Waals surface area (Å²) in [5.74, 6) is -2.91. The van der Waals surface area contributed by atoms with Crippen molar-refractivity contribution >= 4 is 19.6 Å². The number of hydrogen-bond donors (Lipinski definition) is 3. The third-order valence-electron chi connectivity index (χ3n) is 9.46. The Kier molecular flexibility index (Phi) is 11.6. The molecule has 13 heteroatoms. The zero-order chi connectivity index (χ0) is 32.9. The van der Waals surface area contributed by atoms with Crippen molar-refractivity contribution in [2.24, 2.45) is 11.8 Å². The molecule has 3 N–H and O–H groups in total. The van der Waals surface area contributed by atoms with Gasteiger partial charge in [0.25, 0.3) is 0 Å². The molecule has 2 aliphatic heterocycles. The maximum absolute atomic E-state index is 13.3. The summed E-state index contributed by atoms with van der Waals surface area (Å²) in [5.41, 5.74) is -0.907. The molecule has 1 unspecified atom stereocenters. The molecule has 0 aliphatic carbocycles. The molecule has 2 saturated heterocycles. The first-order valence-corrected chi connectivity index (χ1v) is 16.1. The molecular weight excluding hydrogens is 575 g/mol. The third-order valence-corrected chi connectivity index (χ3v) is 9.46. The molecule has 12 nitrogen and oxygen atoms in total. The van der Waals surface area contributed by atoms with Gasteiger partial charge < -0.3 is 25.0 Å². The molecular formula is C32H49BN6O6. The molecule has 0 saturated carbocycles. The Morgan fingerprint density at radius 2 is 1.87 bits per heavy atom. The van der Waals surface area contributed by atoms with Crippen LogP contribution in [0.1, 0.15) is 73.6 Å². The summed E-state index contributed by atoms with van der Waals surface area (Å²) in [6, 6.07) is 5.08. The van der Waals surface area contributed by atoms with E-state index in [9.17, 15) is 19.8 Å². The fourth-order valence-electron chi connectivity index (χ4n) is 6.76. The van der Waals surface area contributed by atoms with Crippen molar-refractivity contribution in [2.45, 2.75) is 122 Å². The van der Waals surface area contributed by atoms with Crippen LogP contribution in [0.2, 0.25) is 5.82 Å². The molecule has 0 aromatic carbocycles. The maximum Gasteiger partial charge on any atom is 0.316 e. The van der Waals surface area contributed by atoms with Crippen LogP contribution in [0.5, 0.6) is 0 Å². The van der Waals surface area contributed by atoms with Crippen LogP contribution in [0.25, 0.3) is 11.4 Å². The Balaban J connectivity index is 1.51. The summed E-state index contributed by atoms with van der Waals surface area (Å²) in [6.07, 6.45) is 3.80. The summed E-state index contributed by atoms with van der Waals surface area (Å²) in [6.45, 7) is 12.7. The number of Topliss-reactive ketones (excluding diaryl/α,β-unsaturated/α-hetero) is 1. The fraction of sp³-hybridized carbons (Fsp3) is 0.719. The van der Waals surface area contributed by atoms with Crippen molar-refractivity contribution in [2.75, 3.05) is 13.1 Å². The van der Waals surface area contributed by atoms with Crippen molar-refractivity contribution in [3.8, 4) is 11.4 Å². The first-order chi connectivity index (χ1) is 21.3. The van der Waals surface area contributed by atoms with E-state index >= 15 is 0 Å². The molecule has 2 aromatic heterocycles. The first kappa shape index (κ1) is 35.2. The number of nitrogens with one attached hydrogen (secondary N) is 1. The first-order valence-electron chi connectivity index (χ1n) is 16.1. The van der Waals surface area contributed by atoms with Gasteiger partial charge in [-0.05, 0) is 83.8 Å². The number of fused-ring (bicyclic) bond motifs is 1. The number of unbranched alkanes of at least 4 members (excludes halogenated alkanes) is 1. The molecule has 246 valence electrons. The number of rotatable bonds is 7. The quantitative estimate of drug-likeness (QED) is 0.180. The number of aromatic nitrogens is 4.